The summed E-state index contributed by atoms with van der Waals surface area (Å²) in [6, 6.07) is -0.742. The van der Waals surface area contributed by atoms with Crippen LogP contribution in [0.4, 0.5) is 4.79 Å². The molecule has 0 saturated carbocycles. The molecule has 1 unspecified atom stereocenters. The number of methoxy groups -OCH3 is 1. The van der Waals surface area contributed by atoms with Crippen LogP contribution in [-0.4, -0.2) is 45.0 Å². The third-order valence-electron chi connectivity index (χ3n) is 2.88. The summed E-state index contributed by atoms with van der Waals surface area (Å²) in [6.45, 7) is 8.50. The number of amides is 1. The molecule has 0 aromatic heterocycles. The normalized spacial score (nSPS) is 12.6. The van der Waals surface area contributed by atoms with Gasteiger partial charge in [0.15, 0.2) is 0 Å². The Morgan fingerprint density at radius 1 is 1.05 bits per heavy atom. The molecule has 0 rings (SSSR count). The molecule has 0 fully saturated rings. The van der Waals surface area contributed by atoms with E-state index in [1.165, 1.54) is 7.11 Å². The molecule has 124 valence electrons. The average Bonchev–Trinajstić information content (AvgIpc) is 2.40. The van der Waals surface area contributed by atoms with Crippen molar-refractivity contribution in [2.75, 3.05) is 26.9 Å². The van der Waals surface area contributed by atoms with Gasteiger partial charge >= 0.3 is 12.1 Å². The molecule has 0 aliphatic rings. The summed E-state index contributed by atoms with van der Waals surface area (Å²) in [6.07, 6.45) is 2.26. The predicted octanol–water partition coefficient (Wildman–Crippen LogP) is 2.51. The van der Waals surface area contributed by atoms with Crippen LogP contribution in [0.25, 0.3) is 0 Å². The van der Waals surface area contributed by atoms with Gasteiger partial charge in [-0.15, -0.1) is 0 Å². The third kappa shape index (κ3) is 9.28. The van der Waals surface area contributed by atoms with Crippen LogP contribution in [0.3, 0.4) is 0 Å². The van der Waals surface area contributed by atoms with Gasteiger partial charge in [0.1, 0.15) is 12.6 Å². The first-order valence-electron chi connectivity index (χ1n) is 7.41. The number of nitrogens with one attached hydrogen (secondary N) is 1. The second-order valence-electron chi connectivity index (χ2n) is 5.95. The minimum Gasteiger partial charge on any atom is -0.464 e. The van der Waals surface area contributed by atoms with E-state index in [1.807, 2.05) is 20.8 Å². The Labute approximate surface area is 127 Å². The molecule has 0 aromatic carbocycles. The molecule has 1 N–H and O–H groups in total. The number of hydrogen-bond donors (Lipinski definition) is 1. The fourth-order valence-electron chi connectivity index (χ4n) is 1.61. The summed E-state index contributed by atoms with van der Waals surface area (Å²) in [5.74, 6) is -0.428. The van der Waals surface area contributed by atoms with E-state index in [1.54, 1.807) is 0 Å². The van der Waals surface area contributed by atoms with Crippen molar-refractivity contribution < 1.29 is 23.8 Å². The maximum absolute atomic E-state index is 12.1. The van der Waals surface area contributed by atoms with E-state index >= 15 is 0 Å². The largest absolute Gasteiger partial charge is 0.464 e. The molecule has 0 aromatic rings. The quantitative estimate of drug-likeness (QED) is 0.523. The Morgan fingerprint density at radius 2 is 1.71 bits per heavy atom. The number of carbonyl (C=O) groups excluding carboxylic acids is 2. The van der Waals surface area contributed by atoms with Crippen molar-refractivity contribution >= 4 is 12.1 Å². The van der Waals surface area contributed by atoms with Crippen LogP contribution in [0.15, 0.2) is 0 Å². The Bertz CT molecular complexity index is 312. The molecule has 6 heteroatoms. The summed E-state index contributed by atoms with van der Waals surface area (Å²) < 4.78 is 14.9. The summed E-state index contributed by atoms with van der Waals surface area (Å²) >= 11 is 0. The monoisotopic (exact) mass is 303 g/mol. The van der Waals surface area contributed by atoms with Gasteiger partial charge in [-0.2, -0.15) is 0 Å². The first-order valence-corrected chi connectivity index (χ1v) is 7.41. The van der Waals surface area contributed by atoms with E-state index < -0.39 is 23.5 Å². The van der Waals surface area contributed by atoms with Crippen LogP contribution >= 0.6 is 0 Å². The first-order chi connectivity index (χ1) is 9.82. The minimum absolute atomic E-state index is 0.144. The second-order valence-corrected chi connectivity index (χ2v) is 5.95. The molecular formula is C15H29NO5. The van der Waals surface area contributed by atoms with Crippen LogP contribution in [-0.2, 0) is 19.0 Å². The lowest BCUT2D eigenvalue weighted by atomic mass is 9.87. The highest BCUT2D eigenvalue weighted by Crippen LogP contribution is 2.20. The summed E-state index contributed by atoms with van der Waals surface area (Å²) in [5, 5.41) is 2.57. The molecule has 0 spiro atoms. The number of alkyl carbamates (subject to hydrolysis) is 1. The molecule has 21 heavy (non-hydrogen) atoms. The fourth-order valence-corrected chi connectivity index (χ4v) is 1.61. The van der Waals surface area contributed by atoms with E-state index in [9.17, 15) is 9.59 Å². The van der Waals surface area contributed by atoms with Crippen molar-refractivity contribution in [3.63, 3.8) is 0 Å². The van der Waals surface area contributed by atoms with Gasteiger partial charge in [0.2, 0.25) is 0 Å². The predicted molar refractivity (Wildman–Crippen MR) is 80.1 cm³/mol. The van der Waals surface area contributed by atoms with Crippen LogP contribution in [0, 0.1) is 5.41 Å². The number of ether oxygens (including phenoxy) is 3. The van der Waals surface area contributed by atoms with Crippen molar-refractivity contribution in [3.05, 3.63) is 0 Å². The molecular weight excluding hydrogens is 274 g/mol. The van der Waals surface area contributed by atoms with Crippen molar-refractivity contribution in [1.82, 2.24) is 5.32 Å². The zero-order valence-corrected chi connectivity index (χ0v) is 13.9. The van der Waals surface area contributed by atoms with Crippen molar-refractivity contribution in [3.8, 4) is 0 Å². The van der Waals surface area contributed by atoms with Crippen molar-refractivity contribution in [2.45, 2.75) is 53.0 Å². The van der Waals surface area contributed by atoms with Crippen LogP contribution in [0.1, 0.15) is 47.0 Å². The molecule has 0 aliphatic carbocycles. The zero-order chi connectivity index (χ0) is 16.3. The Hall–Kier alpha value is -1.30. The average molecular weight is 303 g/mol. The topological polar surface area (TPSA) is 73.9 Å². The summed E-state index contributed by atoms with van der Waals surface area (Å²) in [5.41, 5.74) is -0.456. The number of carbonyl (C=O) groups is 2. The van der Waals surface area contributed by atoms with Crippen molar-refractivity contribution in [1.29, 1.82) is 0 Å². The standard InChI is InChI=1S/C15H29NO5/c1-6-7-8-9-20-13(17)12(15(2,3)4)16-14(18)21-11-10-19-5/h12H,6-11H2,1-5H3,(H,16,18). The number of unbranched alkanes of at least 4 members (excludes halogenated alkanes) is 2. The van der Waals surface area contributed by atoms with E-state index in [0.29, 0.717) is 13.2 Å². The number of esters is 1. The lowest BCUT2D eigenvalue weighted by molar-refractivity contribution is -0.149. The molecule has 0 aliphatic heterocycles. The highest BCUT2D eigenvalue weighted by atomic mass is 16.6. The van der Waals surface area contributed by atoms with E-state index in [0.717, 1.165) is 19.3 Å². The smallest absolute Gasteiger partial charge is 0.407 e. The number of rotatable bonds is 9. The van der Waals surface area contributed by atoms with E-state index in [2.05, 4.69) is 12.2 Å². The minimum atomic E-state index is -0.742. The highest BCUT2D eigenvalue weighted by molar-refractivity contribution is 5.82. The number of hydrogen-bond acceptors (Lipinski definition) is 5. The third-order valence-corrected chi connectivity index (χ3v) is 2.88. The van der Waals surface area contributed by atoms with Gasteiger partial charge in [0.05, 0.1) is 13.2 Å². The van der Waals surface area contributed by atoms with Gasteiger partial charge in [-0.25, -0.2) is 9.59 Å². The van der Waals surface area contributed by atoms with Gasteiger partial charge in [0.25, 0.3) is 0 Å². The molecule has 0 saturated heterocycles. The lowest BCUT2D eigenvalue weighted by Gasteiger charge is -2.29. The van der Waals surface area contributed by atoms with E-state index in [-0.39, 0.29) is 6.61 Å². The molecule has 0 heterocycles. The van der Waals surface area contributed by atoms with E-state index in [4.69, 9.17) is 14.2 Å². The second kappa shape index (κ2) is 10.4. The SMILES string of the molecule is CCCCCOC(=O)C(NC(=O)OCCOC)C(C)(C)C. The first kappa shape index (κ1) is 19.7. The molecule has 0 bridgehead atoms. The van der Waals surface area contributed by atoms with Gasteiger partial charge in [-0.05, 0) is 11.8 Å². The van der Waals surface area contributed by atoms with Gasteiger partial charge in [-0.3, -0.25) is 0 Å². The lowest BCUT2D eigenvalue weighted by Crippen LogP contribution is -2.50. The Kier molecular flexibility index (Phi) is 9.78. The summed E-state index contributed by atoms with van der Waals surface area (Å²) in [7, 11) is 1.52. The Balaban J connectivity index is 4.38. The molecule has 1 amide bonds. The van der Waals surface area contributed by atoms with Crippen LogP contribution in [0.5, 0.6) is 0 Å². The molecule has 1 atom stereocenters. The maximum atomic E-state index is 12.1. The molecule has 6 nitrogen and oxygen atoms in total. The summed E-state index contributed by atoms with van der Waals surface area (Å²) in [4.78, 5) is 23.8. The van der Waals surface area contributed by atoms with Gasteiger partial charge < -0.3 is 19.5 Å². The molecule has 0 radical (unpaired) electrons. The van der Waals surface area contributed by atoms with Crippen LogP contribution < -0.4 is 5.32 Å². The zero-order valence-electron chi connectivity index (χ0n) is 13.9. The Morgan fingerprint density at radius 3 is 2.24 bits per heavy atom. The maximum Gasteiger partial charge on any atom is 0.407 e. The van der Waals surface area contributed by atoms with Crippen LogP contribution in [0.2, 0.25) is 0 Å². The van der Waals surface area contributed by atoms with Gasteiger partial charge in [-0.1, -0.05) is 40.5 Å². The highest BCUT2D eigenvalue weighted by Gasteiger charge is 2.34. The fraction of sp³-hybridized carbons (Fsp3) is 0.867. The van der Waals surface area contributed by atoms with Gasteiger partial charge in [0, 0.05) is 7.11 Å². The van der Waals surface area contributed by atoms with Crippen molar-refractivity contribution in [2.24, 2.45) is 5.41 Å².